The van der Waals surface area contributed by atoms with E-state index in [1.807, 2.05) is 33.9 Å². The number of piperazine rings is 1. The third-order valence-corrected chi connectivity index (χ3v) is 6.80. The summed E-state index contributed by atoms with van der Waals surface area (Å²) in [5.74, 6) is 0.0730. The summed E-state index contributed by atoms with van der Waals surface area (Å²) in [6.07, 6.45) is 5.55. The van der Waals surface area contributed by atoms with Crippen molar-refractivity contribution in [2.75, 3.05) is 39.8 Å². The van der Waals surface area contributed by atoms with E-state index in [1.165, 1.54) is 5.69 Å². The molecule has 6 nitrogen and oxygen atoms in total. The standard InChI is InChI=1S/C24H32ClN5O/c1-3-12-30-22-9-8-19(26-11-10-18-6-4-5-7-21(18)25)17-20(22)23(27-30)24(31)29-15-13-28(2)14-16-29/h3-7,19,26H,1,8-17H2,2H3. The van der Waals surface area contributed by atoms with Gasteiger partial charge in [-0.2, -0.15) is 5.10 Å². The minimum Gasteiger partial charge on any atom is -0.335 e. The zero-order chi connectivity index (χ0) is 21.8. The van der Waals surface area contributed by atoms with Crippen molar-refractivity contribution >= 4 is 17.5 Å². The molecule has 7 heteroatoms. The van der Waals surface area contributed by atoms with Gasteiger partial charge in [-0.05, 0) is 50.9 Å². The van der Waals surface area contributed by atoms with Crippen LogP contribution in [0.4, 0.5) is 0 Å². The highest BCUT2D eigenvalue weighted by atomic mass is 35.5. The number of benzene rings is 1. The Morgan fingerprint density at radius 3 is 2.81 bits per heavy atom. The molecule has 2 heterocycles. The Morgan fingerprint density at radius 1 is 1.29 bits per heavy atom. The van der Waals surface area contributed by atoms with Gasteiger partial charge in [0.05, 0.1) is 6.54 Å². The van der Waals surface area contributed by atoms with E-state index in [2.05, 4.69) is 29.9 Å². The predicted molar refractivity (Wildman–Crippen MR) is 125 cm³/mol. The summed E-state index contributed by atoms with van der Waals surface area (Å²) in [4.78, 5) is 17.5. The summed E-state index contributed by atoms with van der Waals surface area (Å²) >= 11 is 6.29. The number of rotatable bonds is 7. The molecule has 1 saturated heterocycles. The third-order valence-electron chi connectivity index (χ3n) is 6.43. The second-order valence-electron chi connectivity index (χ2n) is 8.58. The molecule has 1 aromatic heterocycles. The first-order valence-electron chi connectivity index (χ1n) is 11.2. The number of hydrogen-bond acceptors (Lipinski definition) is 4. The van der Waals surface area contributed by atoms with Crippen molar-refractivity contribution in [2.24, 2.45) is 0 Å². The zero-order valence-electron chi connectivity index (χ0n) is 18.3. The molecule has 1 aliphatic carbocycles. The van der Waals surface area contributed by atoms with Gasteiger partial charge in [-0.15, -0.1) is 6.58 Å². The number of carbonyl (C=O) groups excluding carboxylic acids is 1. The Kier molecular flexibility index (Phi) is 7.10. The molecule has 1 aromatic carbocycles. The predicted octanol–water partition coefficient (Wildman–Crippen LogP) is 2.80. The van der Waals surface area contributed by atoms with Crippen LogP contribution < -0.4 is 5.32 Å². The molecule has 1 aliphatic heterocycles. The lowest BCUT2D eigenvalue weighted by atomic mass is 9.90. The number of nitrogens with zero attached hydrogens (tertiary/aromatic N) is 4. The second-order valence-corrected chi connectivity index (χ2v) is 8.98. The maximum atomic E-state index is 13.3. The van der Waals surface area contributed by atoms with Crippen LogP contribution in [0.1, 0.15) is 33.7 Å². The van der Waals surface area contributed by atoms with Crippen LogP contribution in [0.15, 0.2) is 36.9 Å². The van der Waals surface area contributed by atoms with E-state index < -0.39 is 0 Å². The maximum Gasteiger partial charge on any atom is 0.274 e. The molecule has 0 radical (unpaired) electrons. The molecular weight excluding hydrogens is 410 g/mol. The van der Waals surface area contributed by atoms with Crippen molar-refractivity contribution in [2.45, 2.75) is 38.3 Å². The van der Waals surface area contributed by atoms with E-state index in [0.29, 0.717) is 18.3 Å². The molecule has 0 saturated carbocycles. The van der Waals surface area contributed by atoms with Crippen molar-refractivity contribution in [1.29, 1.82) is 0 Å². The van der Waals surface area contributed by atoms with Crippen LogP contribution in [-0.4, -0.2) is 71.3 Å². The minimum atomic E-state index is 0.0730. The van der Waals surface area contributed by atoms with Gasteiger partial charge < -0.3 is 15.1 Å². The summed E-state index contributed by atoms with van der Waals surface area (Å²) in [7, 11) is 2.10. The monoisotopic (exact) mass is 441 g/mol. The smallest absolute Gasteiger partial charge is 0.274 e. The highest BCUT2D eigenvalue weighted by Crippen LogP contribution is 2.26. The number of hydrogen-bond donors (Lipinski definition) is 1. The SMILES string of the molecule is C=CCn1nc(C(=O)N2CCN(C)CC2)c2c1CCC(NCCc1ccccc1Cl)C2. The van der Waals surface area contributed by atoms with Crippen LogP contribution in [0, 0.1) is 0 Å². The topological polar surface area (TPSA) is 53.4 Å². The fraction of sp³-hybridized carbons (Fsp3) is 0.500. The van der Waals surface area contributed by atoms with Gasteiger partial charge in [0.2, 0.25) is 0 Å². The van der Waals surface area contributed by atoms with E-state index in [-0.39, 0.29) is 5.91 Å². The zero-order valence-corrected chi connectivity index (χ0v) is 19.1. The van der Waals surface area contributed by atoms with Crippen LogP contribution >= 0.6 is 11.6 Å². The highest BCUT2D eigenvalue weighted by molar-refractivity contribution is 6.31. The number of fused-ring (bicyclic) bond motifs is 1. The second kappa shape index (κ2) is 9.98. The average molecular weight is 442 g/mol. The molecule has 1 unspecified atom stereocenters. The maximum absolute atomic E-state index is 13.3. The average Bonchev–Trinajstić information content (AvgIpc) is 3.13. The van der Waals surface area contributed by atoms with E-state index >= 15 is 0 Å². The van der Waals surface area contributed by atoms with Crippen molar-refractivity contribution in [3.63, 3.8) is 0 Å². The number of halogens is 1. The summed E-state index contributed by atoms with van der Waals surface area (Å²) < 4.78 is 1.98. The Balaban J connectivity index is 1.45. The van der Waals surface area contributed by atoms with Crippen LogP contribution in [0.25, 0.3) is 0 Å². The van der Waals surface area contributed by atoms with Gasteiger partial charge in [-0.1, -0.05) is 35.9 Å². The molecular formula is C24H32ClN5O. The summed E-state index contributed by atoms with van der Waals surface area (Å²) in [5, 5.41) is 9.25. The summed E-state index contributed by atoms with van der Waals surface area (Å²) in [6.45, 7) is 8.72. The Bertz CT molecular complexity index is 932. The van der Waals surface area contributed by atoms with Gasteiger partial charge in [0.25, 0.3) is 5.91 Å². The van der Waals surface area contributed by atoms with E-state index in [1.54, 1.807) is 0 Å². The van der Waals surface area contributed by atoms with E-state index in [4.69, 9.17) is 16.7 Å². The van der Waals surface area contributed by atoms with Crippen molar-refractivity contribution in [3.05, 3.63) is 64.5 Å². The molecule has 166 valence electrons. The van der Waals surface area contributed by atoms with Crippen LogP contribution in [0.5, 0.6) is 0 Å². The minimum absolute atomic E-state index is 0.0730. The lowest BCUT2D eigenvalue weighted by Gasteiger charge is -2.32. The number of carbonyl (C=O) groups is 1. The number of aromatic nitrogens is 2. The molecule has 0 spiro atoms. The lowest BCUT2D eigenvalue weighted by Crippen LogP contribution is -2.47. The van der Waals surface area contributed by atoms with Crippen molar-refractivity contribution < 1.29 is 4.79 Å². The van der Waals surface area contributed by atoms with Gasteiger partial charge in [0.1, 0.15) is 0 Å². The van der Waals surface area contributed by atoms with Gasteiger partial charge in [0, 0.05) is 48.5 Å². The number of allylic oxidation sites excluding steroid dienone is 1. The molecule has 1 atom stereocenters. The normalized spacial score (nSPS) is 19.3. The quantitative estimate of drug-likeness (QED) is 0.671. The lowest BCUT2D eigenvalue weighted by molar-refractivity contribution is 0.0656. The third kappa shape index (κ3) is 5.03. The largest absolute Gasteiger partial charge is 0.335 e. The van der Waals surface area contributed by atoms with Gasteiger partial charge in [-0.3, -0.25) is 9.48 Å². The van der Waals surface area contributed by atoms with Crippen LogP contribution in [-0.2, 0) is 25.8 Å². The highest BCUT2D eigenvalue weighted by Gasteiger charge is 2.31. The summed E-state index contributed by atoms with van der Waals surface area (Å²) in [5.41, 5.74) is 4.12. The number of amides is 1. The molecule has 2 aliphatic rings. The van der Waals surface area contributed by atoms with Crippen LogP contribution in [0.3, 0.4) is 0 Å². The first-order valence-corrected chi connectivity index (χ1v) is 11.6. The fourth-order valence-corrected chi connectivity index (χ4v) is 4.81. The molecule has 2 aromatic rings. The summed E-state index contributed by atoms with van der Waals surface area (Å²) in [6, 6.07) is 8.35. The van der Waals surface area contributed by atoms with Gasteiger partial charge >= 0.3 is 0 Å². The van der Waals surface area contributed by atoms with Gasteiger partial charge in [-0.25, -0.2) is 0 Å². The van der Waals surface area contributed by atoms with Crippen molar-refractivity contribution in [3.8, 4) is 0 Å². The molecule has 4 rings (SSSR count). The molecule has 1 fully saturated rings. The van der Waals surface area contributed by atoms with Gasteiger partial charge in [0.15, 0.2) is 5.69 Å². The Hall–Kier alpha value is -2.15. The Morgan fingerprint density at radius 2 is 2.06 bits per heavy atom. The van der Waals surface area contributed by atoms with E-state index in [9.17, 15) is 4.79 Å². The Labute approximate surface area is 189 Å². The van der Waals surface area contributed by atoms with Crippen LogP contribution in [0.2, 0.25) is 5.02 Å². The molecule has 1 N–H and O–H groups in total. The molecule has 0 bridgehead atoms. The fourth-order valence-electron chi connectivity index (χ4n) is 4.58. The first-order chi connectivity index (χ1) is 15.1. The molecule has 1 amide bonds. The number of nitrogens with one attached hydrogen (secondary N) is 1. The van der Waals surface area contributed by atoms with Crippen molar-refractivity contribution in [1.82, 2.24) is 24.9 Å². The molecule has 31 heavy (non-hydrogen) atoms. The van der Waals surface area contributed by atoms with E-state index in [0.717, 1.165) is 74.6 Å². The number of likely N-dealkylation sites (N-methyl/N-ethyl adjacent to an activating group) is 1. The first kappa shape index (κ1) is 22.1.